The summed E-state index contributed by atoms with van der Waals surface area (Å²) >= 11 is 0. The van der Waals surface area contributed by atoms with Crippen LogP contribution in [0.25, 0.3) is 0 Å². The lowest BCUT2D eigenvalue weighted by Crippen LogP contribution is -2.45. The van der Waals surface area contributed by atoms with Crippen molar-refractivity contribution in [2.24, 2.45) is 0 Å². The lowest BCUT2D eigenvalue weighted by atomic mass is 10.1. The molecule has 0 aliphatic carbocycles. The number of rotatable bonds is 9. The molecule has 0 amide bonds. The minimum atomic E-state index is -0.983. The van der Waals surface area contributed by atoms with Gasteiger partial charge in [0.15, 0.2) is 0 Å². The molecule has 0 spiro atoms. The standard InChI is InChI=1S/C7H19NO4P2/c9-4-7(5-10,6-12-14)11-3-1-2-8-13/h8-10H,1-6,13-14H2. The quantitative estimate of drug-likeness (QED) is 0.369. The van der Waals surface area contributed by atoms with Crippen LogP contribution in [0.15, 0.2) is 0 Å². The van der Waals surface area contributed by atoms with E-state index in [1.54, 1.807) is 0 Å². The van der Waals surface area contributed by atoms with Gasteiger partial charge in [-0.05, 0) is 6.42 Å². The molecule has 0 fully saturated rings. The van der Waals surface area contributed by atoms with Crippen molar-refractivity contribution >= 4 is 18.9 Å². The third-order valence-electron chi connectivity index (χ3n) is 1.80. The molecule has 0 aromatic rings. The highest BCUT2D eigenvalue weighted by atomic mass is 31.0. The van der Waals surface area contributed by atoms with E-state index >= 15 is 0 Å². The number of aliphatic hydroxyl groups is 2. The Hall–Kier alpha value is 0.660. The molecular formula is C7H19NO4P2. The maximum Gasteiger partial charge on any atom is 0.137 e. The summed E-state index contributed by atoms with van der Waals surface area (Å²) in [4.78, 5) is 0. The fourth-order valence-corrected chi connectivity index (χ4v) is 1.40. The average molecular weight is 243 g/mol. The Labute approximate surface area is 89.1 Å². The second-order valence-corrected chi connectivity index (χ2v) is 3.71. The third-order valence-corrected chi connectivity index (χ3v) is 2.25. The van der Waals surface area contributed by atoms with Crippen LogP contribution in [0.2, 0.25) is 0 Å². The van der Waals surface area contributed by atoms with E-state index in [1.165, 1.54) is 0 Å². The predicted molar refractivity (Wildman–Crippen MR) is 60.8 cm³/mol. The van der Waals surface area contributed by atoms with Gasteiger partial charge in [-0.3, -0.25) is 0 Å². The van der Waals surface area contributed by atoms with E-state index in [4.69, 9.17) is 19.5 Å². The maximum atomic E-state index is 9.07. The first-order valence-electron chi connectivity index (χ1n) is 4.35. The first kappa shape index (κ1) is 14.7. The summed E-state index contributed by atoms with van der Waals surface area (Å²) in [5.74, 6) is 0. The molecule has 86 valence electrons. The van der Waals surface area contributed by atoms with Crippen molar-refractivity contribution in [1.29, 1.82) is 0 Å². The van der Waals surface area contributed by atoms with Gasteiger partial charge in [0.25, 0.3) is 0 Å². The molecule has 2 atom stereocenters. The Kier molecular flexibility index (Phi) is 9.35. The molecule has 0 saturated heterocycles. The van der Waals surface area contributed by atoms with E-state index in [0.29, 0.717) is 6.61 Å². The van der Waals surface area contributed by atoms with Crippen molar-refractivity contribution in [2.75, 3.05) is 33.0 Å². The topological polar surface area (TPSA) is 71.0 Å². The minimum absolute atomic E-state index is 0.152. The van der Waals surface area contributed by atoms with Crippen LogP contribution in [0.3, 0.4) is 0 Å². The van der Waals surface area contributed by atoms with Gasteiger partial charge in [-0.15, -0.1) is 0 Å². The van der Waals surface area contributed by atoms with Crippen molar-refractivity contribution < 1.29 is 19.5 Å². The molecule has 0 aromatic heterocycles. The Bertz CT molecular complexity index is 135. The molecule has 2 unspecified atom stereocenters. The van der Waals surface area contributed by atoms with Crippen LogP contribution < -0.4 is 5.09 Å². The number of aliphatic hydroxyl groups excluding tert-OH is 2. The van der Waals surface area contributed by atoms with Crippen molar-refractivity contribution in [3.8, 4) is 0 Å². The fraction of sp³-hybridized carbons (Fsp3) is 1.00. The molecular weight excluding hydrogens is 224 g/mol. The van der Waals surface area contributed by atoms with Crippen molar-refractivity contribution in [1.82, 2.24) is 5.09 Å². The third kappa shape index (κ3) is 5.52. The molecule has 0 radical (unpaired) electrons. The van der Waals surface area contributed by atoms with E-state index < -0.39 is 5.60 Å². The van der Waals surface area contributed by atoms with E-state index in [9.17, 15) is 0 Å². The molecule has 0 aliphatic rings. The van der Waals surface area contributed by atoms with E-state index in [2.05, 4.69) is 23.9 Å². The molecule has 0 heterocycles. The van der Waals surface area contributed by atoms with Crippen LogP contribution >= 0.6 is 18.9 Å². The van der Waals surface area contributed by atoms with Crippen molar-refractivity contribution in [3.05, 3.63) is 0 Å². The lowest BCUT2D eigenvalue weighted by molar-refractivity contribution is -0.126. The second kappa shape index (κ2) is 8.93. The first-order chi connectivity index (χ1) is 6.74. The van der Waals surface area contributed by atoms with Crippen LogP contribution in [-0.4, -0.2) is 48.8 Å². The number of ether oxygens (including phenoxy) is 1. The molecule has 0 saturated carbocycles. The second-order valence-electron chi connectivity index (χ2n) is 2.97. The molecule has 0 aliphatic heterocycles. The van der Waals surface area contributed by atoms with Gasteiger partial charge in [-0.25, -0.2) is 0 Å². The smallest absolute Gasteiger partial charge is 0.137 e. The summed E-state index contributed by atoms with van der Waals surface area (Å²) in [6.07, 6.45) is 0.808. The van der Waals surface area contributed by atoms with Crippen LogP contribution in [0.4, 0.5) is 0 Å². The van der Waals surface area contributed by atoms with Crippen LogP contribution in [0.5, 0.6) is 0 Å². The zero-order chi connectivity index (χ0) is 10.9. The molecule has 0 aromatic carbocycles. The predicted octanol–water partition coefficient (Wildman–Crippen LogP) is -0.697. The van der Waals surface area contributed by atoms with Crippen molar-refractivity contribution in [3.63, 3.8) is 0 Å². The van der Waals surface area contributed by atoms with Gasteiger partial charge in [0.2, 0.25) is 0 Å². The molecule has 5 nitrogen and oxygen atoms in total. The van der Waals surface area contributed by atoms with Crippen LogP contribution in [-0.2, 0) is 9.26 Å². The van der Waals surface area contributed by atoms with Gasteiger partial charge in [0.05, 0.1) is 19.8 Å². The summed E-state index contributed by atoms with van der Waals surface area (Å²) in [6, 6.07) is 0. The first-order valence-corrected chi connectivity index (χ1v) is 5.40. The molecule has 0 rings (SSSR count). The van der Waals surface area contributed by atoms with Crippen LogP contribution in [0, 0.1) is 0 Å². The maximum absolute atomic E-state index is 9.07. The lowest BCUT2D eigenvalue weighted by Gasteiger charge is -2.29. The Morgan fingerprint density at radius 1 is 1.29 bits per heavy atom. The van der Waals surface area contributed by atoms with Gasteiger partial charge in [0.1, 0.15) is 5.60 Å². The van der Waals surface area contributed by atoms with E-state index in [1.807, 2.05) is 0 Å². The normalized spacial score (nSPS) is 12.0. The zero-order valence-corrected chi connectivity index (χ0v) is 10.4. The molecule has 0 bridgehead atoms. The minimum Gasteiger partial charge on any atom is -0.393 e. The fourth-order valence-electron chi connectivity index (χ4n) is 0.889. The summed E-state index contributed by atoms with van der Waals surface area (Å²) in [5, 5.41) is 21.0. The SMILES string of the molecule is OCC(CO)(COP)OCCCNP. The summed E-state index contributed by atoms with van der Waals surface area (Å²) in [7, 11) is 4.46. The van der Waals surface area contributed by atoms with Gasteiger partial charge < -0.3 is 24.6 Å². The Morgan fingerprint density at radius 2 is 1.93 bits per heavy atom. The highest BCUT2D eigenvalue weighted by Gasteiger charge is 2.29. The Morgan fingerprint density at radius 3 is 2.36 bits per heavy atom. The van der Waals surface area contributed by atoms with Gasteiger partial charge >= 0.3 is 0 Å². The number of nitrogens with one attached hydrogen (secondary N) is 1. The van der Waals surface area contributed by atoms with Crippen LogP contribution in [0.1, 0.15) is 6.42 Å². The Balaban J connectivity index is 3.82. The molecule has 14 heavy (non-hydrogen) atoms. The van der Waals surface area contributed by atoms with Gasteiger partial charge in [-0.1, -0.05) is 9.39 Å². The highest BCUT2D eigenvalue weighted by Crippen LogP contribution is 2.12. The van der Waals surface area contributed by atoms with Gasteiger partial charge in [-0.2, -0.15) is 0 Å². The highest BCUT2D eigenvalue weighted by molar-refractivity contribution is 7.13. The summed E-state index contributed by atoms with van der Waals surface area (Å²) in [5.41, 5.74) is -0.983. The van der Waals surface area contributed by atoms with E-state index in [0.717, 1.165) is 13.0 Å². The summed E-state index contributed by atoms with van der Waals surface area (Å²) < 4.78 is 10.2. The molecule has 3 N–H and O–H groups in total. The monoisotopic (exact) mass is 243 g/mol. The van der Waals surface area contributed by atoms with Crippen molar-refractivity contribution in [2.45, 2.75) is 12.0 Å². The number of hydrogen-bond acceptors (Lipinski definition) is 5. The summed E-state index contributed by atoms with van der Waals surface area (Å²) in [6.45, 7) is 0.910. The average Bonchev–Trinajstić information content (AvgIpc) is 2.23. The van der Waals surface area contributed by atoms with Gasteiger partial charge in [0, 0.05) is 22.6 Å². The molecule has 7 heteroatoms. The largest absolute Gasteiger partial charge is 0.393 e. The zero-order valence-electron chi connectivity index (χ0n) is 8.11. The van der Waals surface area contributed by atoms with E-state index in [-0.39, 0.29) is 19.8 Å². The number of hydrogen-bond donors (Lipinski definition) is 3.